The molecule has 5 rings (SSSR count). The number of hydrogen-bond donors (Lipinski definition) is 1. The maximum atomic E-state index is 13.1. The number of aromatic nitrogens is 3. The highest BCUT2D eigenvalue weighted by Crippen LogP contribution is 2.38. The number of fused-ring (bicyclic) bond motifs is 1. The quantitative estimate of drug-likeness (QED) is 0.540. The molecule has 2 aliphatic rings. The van der Waals surface area contributed by atoms with Crippen molar-refractivity contribution in [3.05, 3.63) is 77.5 Å². The maximum absolute atomic E-state index is 13.1. The van der Waals surface area contributed by atoms with Gasteiger partial charge in [-0.3, -0.25) is 14.6 Å². The van der Waals surface area contributed by atoms with Crippen LogP contribution in [-0.4, -0.2) is 71.0 Å². The van der Waals surface area contributed by atoms with Gasteiger partial charge in [-0.2, -0.15) is 0 Å². The minimum Gasteiger partial charge on any atom is -0.492 e. The lowest BCUT2D eigenvalue weighted by molar-refractivity contribution is 0.0365. The number of amides is 2. The molecule has 0 saturated carbocycles. The minimum absolute atomic E-state index is 0.0234. The van der Waals surface area contributed by atoms with Gasteiger partial charge in [0.2, 0.25) is 0 Å². The predicted molar refractivity (Wildman–Crippen MR) is 149 cm³/mol. The highest BCUT2D eigenvalue weighted by molar-refractivity contribution is 5.97. The fourth-order valence-corrected chi connectivity index (χ4v) is 5.44. The number of aryl methyl sites for hydroxylation is 2. The van der Waals surface area contributed by atoms with Gasteiger partial charge in [0, 0.05) is 56.2 Å². The fraction of sp³-hybridized carbons (Fsp3) is 0.433. The van der Waals surface area contributed by atoms with E-state index in [0.717, 1.165) is 49.6 Å². The monoisotopic (exact) mass is 528 g/mol. The highest BCUT2D eigenvalue weighted by Gasteiger charge is 2.37. The number of pyridine rings is 1. The van der Waals surface area contributed by atoms with E-state index in [2.05, 4.69) is 25.2 Å². The van der Waals surface area contributed by atoms with Crippen LogP contribution in [0.2, 0.25) is 0 Å². The van der Waals surface area contributed by atoms with Crippen LogP contribution in [-0.2, 0) is 0 Å². The number of hydrogen-bond acceptors (Lipinski definition) is 7. The van der Waals surface area contributed by atoms with Crippen LogP contribution in [0.4, 0.5) is 5.82 Å². The van der Waals surface area contributed by atoms with Crippen molar-refractivity contribution in [2.45, 2.75) is 39.5 Å². The van der Waals surface area contributed by atoms with Gasteiger partial charge < -0.3 is 19.9 Å². The number of anilines is 1. The van der Waals surface area contributed by atoms with Crippen LogP contribution < -0.4 is 15.0 Å². The van der Waals surface area contributed by atoms with Crippen LogP contribution in [0.3, 0.4) is 0 Å². The SMILES string of the molecule is Cc1ccc(C(=O)N2CCC3(CCCN(c4ccnc(C)n4)CCNC(=O)c4ccccc4OC3)CC2)cn1. The Bertz CT molecular complexity index is 1300. The van der Waals surface area contributed by atoms with E-state index in [9.17, 15) is 9.59 Å². The van der Waals surface area contributed by atoms with Crippen LogP contribution in [0.1, 0.15) is 57.9 Å². The lowest BCUT2D eigenvalue weighted by Crippen LogP contribution is -2.46. The molecule has 0 aliphatic carbocycles. The lowest BCUT2D eigenvalue weighted by atomic mass is 9.75. The Kier molecular flexibility index (Phi) is 8.05. The number of nitrogens with one attached hydrogen (secondary N) is 1. The number of nitrogens with zero attached hydrogens (tertiary/aromatic N) is 5. The molecule has 4 heterocycles. The van der Waals surface area contributed by atoms with Gasteiger partial charge in [0.15, 0.2) is 0 Å². The van der Waals surface area contributed by atoms with Gasteiger partial charge in [-0.05, 0) is 69.9 Å². The number of carbonyl (C=O) groups is 2. The molecule has 1 spiro atoms. The lowest BCUT2D eigenvalue weighted by Gasteiger charge is -2.42. The van der Waals surface area contributed by atoms with Crippen LogP contribution >= 0.6 is 0 Å². The van der Waals surface area contributed by atoms with Crippen molar-refractivity contribution in [2.75, 3.05) is 44.2 Å². The third kappa shape index (κ3) is 6.35. The summed E-state index contributed by atoms with van der Waals surface area (Å²) in [6.45, 7) is 7.56. The molecule has 1 fully saturated rings. The molecule has 0 unspecified atom stereocenters. The third-order valence-electron chi connectivity index (χ3n) is 7.82. The summed E-state index contributed by atoms with van der Waals surface area (Å²) in [6, 6.07) is 13.1. The molecule has 1 N–H and O–H groups in total. The van der Waals surface area contributed by atoms with Crippen LogP contribution in [0.15, 0.2) is 54.9 Å². The third-order valence-corrected chi connectivity index (χ3v) is 7.82. The molecule has 1 saturated heterocycles. The van der Waals surface area contributed by atoms with Crippen molar-refractivity contribution in [1.29, 1.82) is 0 Å². The Balaban J connectivity index is 1.36. The molecule has 2 aromatic heterocycles. The van der Waals surface area contributed by atoms with Gasteiger partial charge in [-0.1, -0.05) is 12.1 Å². The van der Waals surface area contributed by atoms with E-state index in [1.165, 1.54) is 0 Å². The van der Waals surface area contributed by atoms with Gasteiger partial charge in [-0.25, -0.2) is 9.97 Å². The summed E-state index contributed by atoms with van der Waals surface area (Å²) in [4.78, 5) is 43.5. The van der Waals surface area contributed by atoms with Crippen LogP contribution in [0.5, 0.6) is 5.75 Å². The normalized spacial score (nSPS) is 18.2. The van der Waals surface area contributed by atoms with Gasteiger partial charge in [0.1, 0.15) is 17.4 Å². The van der Waals surface area contributed by atoms with Crippen molar-refractivity contribution in [3.63, 3.8) is 0 Å². The molecule has 3 aromatic rings. The highest BCUT2D eigenvalue weighted by atomic mass is 16.5. The standard InChI is InChI=1S/C30H36N6O3/c1-22-8-9-24(20-33-22)29(38)36-17-12-30(13-18-36)11-5-16-35(27-10-14-31-23(2)34-27)19-15-32-28(37)25-6-3-4-7-26(25)39-21-30/h3-4,6-10,14,20H,5,11-13,15-19,21H2,1-2H3,(H,32,37). The summed E-state index contributed by atoms with van der Waals surface area (Å²) in [5, 5.41) is 3.05. The second kappa shape index (κ2) is 11.8. The zero-order valence-electron chi connectivity index (χ0n) is 22.7. The van der Waals surface area contributed by atoms with E-state index in [1.807, 2.05) is 55.1 Å². The van der Waals surface area contributed by atoms with Crippen molar-refractivity contribution in [3.8, 4) is 5.75 Å². The van der Waals surface area contributed by atoms with E-state index in [0.29, 0.717) is 49.7 Å². The van der Waals surface area contributed by atoms with Gasteiger partial charge in [0.05, 0.1) is 17.7 Å². The van der Waals surface area contributed by atoms with Gasteiger partial charge >= 0.3 is 0 Å². The first-order chi connectivity index (χ1) is 18.9. The van der Waals surface area contributed by atoms with Gasteiger partial charge in [0.25, 0.3) is 11.8 Å². The Morgan fingerprint density at radius 1 is 0.974 bits per heavy atom. The molecule has 204 valence electrons. The molecule has 9 heteroatoms. The molecule has 0 atom stereocenters. The molecule has 9 nitrogen and oxygen atoms in total. The summed E-state index contributed by atoms with van der Waals surface area (Å²) in [5.41, 5.74) is 1.95. The Labute approximate surface area is 229 Å². The largest absolute Gasteiger partial charge is 0.492 e. The average molecular weight is 529 g/mol. The topological polar surface area (TPSA) is 101 Å². The molecular weight excluding hydrogens is 492 g/mol. The summed E-state index contributed by atoms with van der Waals surface area (Å²) in [5.74, 6) is 2.06. The summed E-state index contributed by atoms with van der Waals surface area (Å²) in [6.07, 6.45) is 7.00. The molecule has 2 aliphatic heterocycles. The van der Waals surface area contributed by atoms with Crippen molar-refractivity contribution >= 4 is 17.6 Å². The van der Waals surface area contributed by atoms with E-state index >= 15 is 0 Å². The average Bonchev–Trinajstić information content (AvgIpc) is 2.96. The first-order valence-electron chi connectivity index (χ1n) is 13.7. The molecule has 0 bridgehead atoms. The second-order valence-corrected chi connectivity index (χ2v) is 10.6. The van der Waals surface area contributed by atoms with Gasteiger partial charge in [-0.15, -0.1) is 0 Å². The van der Waals surface area contributed by atoms with Crippen molar-refractivity contribution in [2.24, 2.45) is 5.41 Å². The van der Waals surface area contributed by atoms with Crippen LogP contribution in [0.25, 0.3) is 0 Å². The molecular formula is C30H36N6O3. The van der Waals surface area contributed by atoms with E-state index in [1.54, 1.807) is 18.5 Å². The Hall–Kier alpha value is -4.01. The first-order valence-corrected chi connectivity index (χ1v) is 13.7. The predicted octanol–water partition coefficient (Wildman–Crippen LogP) is 3.82. The van der Waals surface area contributed by atoms with Crippen LogP contribution in [0, 0.1) is 19.3 Å². The van der Waals surface area contributed by atoms with E-state index in [4.69, 9.17) is 4.74 Å². The molecule has 1 aromatic carbocycles. The number of para-hydroxylation sites is 1. The zero-order valence-corrected chi connectivity index (χ0v) is 22.7. The number of piperidine rings is 1. The summed E-state index contributed by atoms with van der Waals surface area (Å²) in [7, 11) is 0. The Morgan fingerprint density at radius 3 is 2.56 bits per heavy atom. The molecule has 0 radical (unpaired) electrons. The van der Waals surface area contributed by atoms with Crippen molar-refractivity contribution in [1.82, 2.24) is 25.2 Å². The number of rotatable bonds is 2. The number of ether oxygens (including phenoxy) is 1. The summed E-state index contributed by atoms with van der Waals surface area (Å²) >= 11 is 0. The second-order valence-electron chi connectivity index (χ2n) is 10.6. The van der Waals surface area contributed by atoms with E-state index < -0.39 is 0 Å². The number of benzene rings is 1. The first kappa shape index (κ1) is 26.6. The molecule has 39 heavy (non-hydrogen) atoms. The smallest absolute Gasteiger partial charge is 0.255 e. The maximum Gasteiger partial charge on any atom is 0.255 e. The minimum atomic E-state index is -0.148. The zero-order chi connectivity index (χ0) is 27.2. The van der Waals surface area contributed by atoms with Crippen molar-refractivity contribution < 1.29 is 14.3 Å². The fourth-order valence-electron chi connectivity index (χ4n) is 5.44. The van der Waals surface area contributed by atoms with E-state index in [-0.39, 0.29) is 17.2 Å². The molecule has 2 amide bonds. The Morgan fingerprint density at radius 2 is 1.79 bits per heavy atom. The number of likely N-dealkylation sites (tertiary alicyclic amines) is 1. The summed E-state index contributed by atoms with van der Waals surface area (Å²) < 4.78 is 6.38. The number of carbonyl (C=O) groups excluding carboxylic acids is 2.